The van der Waals surface area contributed by atoms with Gasteiger partial charge in [-0.05, 0) is 78.9 Å². The molecule has 17 heteroatoms. The van der Waals surface area contributed by atoms with Crippen LogP contribution in [-0.4, -0.2) is 97.7 Å². The largest absolute Gasteiger partial charge is 0.508 e. The van der Waals surface area contributed by atoms with Crippen LogP contribution in [0.15, 0.2) is 75.9 Å². The van der Waals surface area contributed by atoms with Crippen molar-refractivity contribution in [3.05, 3.63) is 93.8 Å². The third-order valence-corrected chi connectivity index (χ3v) is 12.5. The standard InChI is InChI=1S/C45H52N4O13/c1-2-24-16-25(18-28(50)17-24)22-59-39-33(61-43-38(53)40(54)45(57,41(62-43)42(55)56)44(13-4-3-5-14-44)34-21-47-23-48-34)20-32-36(37(39)52)30(51)19-31(60-32)26-6-9-29(10-7-26)58-15-12-27-8-11-35(46)49-27/h6-11,16-20,34,38,40-41,43,47-50,52-54,57H,2-5,12-15,21-23,46H2,1H3,(H,55,56)/t34-,38+,40-,41+,43+,45-/m0/s1. The van der Waals surface area contributed by atoms with E-state index in [1.54, 1.807) is 42.5 Å². The second-order valence-electron chi connectivity index (χ2n) is 16.3. The number of anilines is 1. The molecule has 0 spiro atoms. The van der Waals surface area contributed by atoms with E-state index in [1.807, 2.05) is 13.0 Å². The molecule has 2 aliphatic heterocycles. The van der Waals surface area contributed by atoms with Crippen LogP contribution in [0.4, 0.5) is 5.82 Å². The minimum Gasteiger partial charge on any atom is -0.508 e. The molecule has 5 aromatic rings. The number of nitrogens with one attached hydrogen (secondary N) is 3. The second-order valence-corrected chi connectivity index (χ2v) is 16.3. The lowest BCUT2D eigenvalue weighted by Gasteiger charge is -2.59. The highest BCUT2D eigenvalue weighted by atomic mass is 16.7. The van der Waals surface area contributed by atoms with Crippen molar-refractivity contribution in [2.24, 2.45) is 5.41 Å². The number of aliphatic hydroxyl groups is 3. The molecule has 0 unspecified atom stereocenters. The molecule has 6 atom stereocenters. The van der Waals surface area contributed by atoms with Gasteiger partial charge < -0.3 is 70.0 Å². The second kappa shape index (κ2) is 17.5. The zero-order valence-corrected chi connectivity index (χ0v) is 34.1. The molecule has 3 aliphatic rings. The molecule has 2 saturated heterocycles. The van der Waals surface area contributed by atoms with Crippen molar-refractivity contribution < 1.29 is 58.8 Å². The summed E-state index contributed by atoms with van der Waals surface area (Å²) in [5.41, 5.74) is 3.99. The Bertz CT molecular complexity index is 2460. The Labute approximate surface area is 356 Å². The minimum atomic E-state index is -2.47. The van der Waals surface area contributed by atoms with Crippen LogP contribution < -0.4 is 36.0 Å². The summed E-state index contributed by atoms with van der Waals surface area (Å²) in [7, 11) is 0. The van der Waals surface area contributed by atoms with Gasteiger partial charge in [-0.15, -0.1) is 0 Å². The fourth-order valence-corrected chi connectivity index (χ4v) is 9.41. The number of carboxylic acid groups (broad SMARTS) is 1. The number of carboxylic acids is 1. The number of hydrogen-bond acceptors (Lipinski definition) is 15. The number of nitrogens with two attached hydrogens (primary N) is 1. The van der Waals surface area contributed by atoms with Gasteiger partial charge in [0.1, 0.15) is 58.5 Å². The molecule has 0 amide bonds. The van der Waals surface area contributed by atoms with Crippen molar-refractivity contribution in [1.29, 1.82) is 0 Å². The summed E-state index contributed by atoms with van der Waals surface area (Å²) in [5, 5.41) is 75.2. The number of fused-ring (bicyclic) bond motifs is 1. The van der Waals surface area contributed by atoms with E-state index in [2.05, 4.69) is 15.6 Å². The molecule has 2 aromatic heterocycles. The van der Waals surface area contributed by atoms with Gasteiger partial charge in [0.2, 0.25) is 12.0 Å². The molecule has 330 valence electrons. The van der Waals surface area contributed by atoms with E-state index in [4.69, 9.17) is 29.1 Å². The number of nitrogen functional groups attached to an aromatic ring is 1. The Morgan fingerprint density at radius 2 is 1.73 bits per heavy atom. The highest BCUT2D eigenvalue weighted by Gasteiger charge is 2.69. The number of aromatic nitrogens is 1. The number of phenols is 2. The molecule has 8 rings (SSSR count). The van der Waals surface area contributed by atoms with Gasteiger partial charge in [-0.2, -0.15) is 0 Å². The predicted molar refractivity (Wildman–Crippen MR) is 225 cm³/mol. The highest BCUT2D eigenvalue weighted by Crippen LogP contribution is 2.54. The van der Waals surface area contributed by atoms with Crippen molar-refractivity contribution in [3.63, 3.8) is 0 Å². The number of hydrogen-bond donors (Lipinski definition) is 10. The minimum absolute atomic E-state index is 0.0173. The van der Waals surface area contributed by atoms with Gasteiger partial charge in [0.25, 0.3) is 0 Å². The number of aliphatic hydroxyl groups excluding tert-OH is 2. The predicted octanol–water partition coefficient (Wildman–Crippen LogP) is 3.66. The third kappa shape index (κ3) is 8.03. The Hall–Kier alpha value is -5.82. The summed E-state index contributed by atoms with van der Waals surface area (Å²) in [6.45, 7) is 2.84. The molecule has 1 saturated carbocycles. The van der Waals surface area contributed by atoms with Gasteiger partial charge in [0, 0.05) is 54.5 Å². The fraction of sp³-hybridized carbons (Fsp3) is 0.422. The molecule has 62 heavy (non-hydrogen) atoms. The number of ether oxygens (including phenoxy) is 4. The van der Waals surface area contributed by atoms with Gasteiger partial charge in [-0.1, -0.05) is 32.3 Å². The maximum Gasteiger partial charge on any atom is 0.336 e. The molecule has 11 N–H and O–H groups in total. The number of benzene rings is 3. The van der Waals surface area contributed by atoms with Crippen LogP contribution in [0, 0.1) is 5.41 Å². The molecule has 1 aliphatic carbocycles. The molecule has 0 radical (unpaired) electrons. The molecular formula is C45H52N4O13. The zero-order chi connectivity index (χ0) is 43.8. The van der Waals surface area contributed by atoms with E-state index < -0.39 is 64.6 Å². The van der Waals surface area contributed by atoms with Crippen LogP contribution in [-0.2, 0) is 29.0 Å². The topological polar surface area (TPSA) is 271 Å². The molecule has 17 nitrogen and oxygen atoms in total. The summed E-state index contributed by atoms with van der Waals surface area (Å²) >= 11 is 0. The first-order valence-electron chi connectivity index (χ1n) is 20.8. The number of aliphatic carboxylic acids is 1. The number of phenolic OH excluding ortho intramolecular Hbond substituents is 2. The Balaban J connectivity index is 1.14. The Morgan fingerprint density at radius 1 is 0.968 bits per heavy atom. The summed E-state index contributed by atoms with van der Waals surface area (Å²) in [6, 6.07) is 17.3. The van der Waals surface area contributed by atoms with Crippen LogP contribution in [0.25, 0.3) is 22.3 Å². The first-order chi connectivity index (χ1) is 29.8. The summed E-state index contributed by atoms with van der Waals surface area (Å²) in [6.07, 6.45) is -4.04. The van der Waals surface area contributed by atoms with E-state index in [0.717, 1.165) is 17.7 Å². The fourth-order valence-electron chi connectivity index (χ4n) is 9.41. The van der Waals surface area contributed by atoms with E-state index in [-0.39, 0.29) is 34.8 Å². The average Bonchev–Trinajstić information content (AvgIpc) is 3.96. The maximum absolute atomic E-state index is 13.8. The lowest BCUT2D eigenvalue weighted by Crippen LogP contribution is -2.77. The summed E-state index contributed by atoms with van der Waals surface area (Å²) in [5.74, 6) is -1.80. The Kier molecular flexibility index (Phi) is 12.1. The summed E-state index contributed by atoms with van der Waals surface area (Å²) < 4.78 is 30.3. The number of carbonyl (C=O) groups is 1. The number of rotatable bonds is 14. The van der Waals surface area contributed by atoms with Gasteiger partial charge in [0.15, 0.2) is 23.0 Å². The van der Waals surface area contributed by atoms with Crippen molar-refractivity contribution in [1.82, 2.24) is 15.6 Å². The van der Waals surface area contributed by atoms with Crippen LogP contribution in [0.5, 0.6) is 28.7 Å². The smallest absolute Gasteiger partial charge is 0.336 e. The molecule has 4 heterocycles. The summed E-state index contributed by atoms with van der Waals surface area (Å²) in [4.78, 5) is 29.9. The lowest BCUT2D eigenvalue weighted by atomic mass is 9.54. The van der Waals surface area contributed by atoms with Gasteiger partial charge >= 0.3 is 5.97 Å². The molecular weight excluding hydrogens is 805 g/mol. The van der Waals surface area contributed by atoms with Crippen molar-refractivity contribution in [2.45, 2.75) is 94.7 Å². The molecule has 3 fully saturated rings. The number of aromatic hydroxyl groups is 2. The first-order valence-corrected chi connectivity index (χ1v) is 20.8. The van der Waals surface area contributed by atoms with Crippen LogP contribution in [0.1, 0.15) is 55.8 Å². The normalized spacial score (nSPS) is 24.8. The van der Waals surface area contributed by atoms with Crippen molar-refractivity contribution in [2.75, 3.05) is 25.6 Å². The molecule has 3 aromatic carbocycles. The maximum atomic E-state index is 13.8. The van der Waals surface area contributed by atoms with Crippen LogP contribution in [0.3, 0.4) is 0 Å². The van der Waals surface area contributed by atoms with E-state index in [1.165, 1.54) is 18.2 Å². The average molecular weight is 857 g/mol. The van der Waals surface area contributed by atoms with Gasteiger partial charge in [-0.3, -0.25) is 10.1 Å². The van der Waals surface area contributed by atoms with E-state index >= 15 is 0 Å². The van der Waals surface area contributed by atoms with E-state index in [0.29, 0.717) is 81.0 Å². The number of aromatic amines is 1. The SMILES string of the molecule is CCc1cc(O)cc(COc2c(O[C@@H]3O[C@H](C(=O)O)[C@](O)(C4([C@@H]5CNCN5)CCCCC4)[C@@H](O)[C@H]3O)cc3oc(-c4ccc(OCCc5ccc(N)[nH]5)cc4)cc(=O)c3c2O)c1. The van der Waals surface area contributed by atoms with Crippen molar-refractivity contribution in [3.8, 4) is 40.1 Å². The monoisotopic (exact) mass is 856 g/mol. The Morgan fingerprint density at radius 3 is 2.40 bits per heavy atom. The number of H-pyrrole nitrogens is 1. The molecule has 0 bridgehead atoms. The van der Waals surface area contributed by atoms with E-state index in [9.17, 15) is 40.2 Å². The quantitative estimate of drug-likeness (QED) is 0.0764. The number of aryl methyl sites for hydroxylation is 1. The first kappa shape index (κ1) is 42.9. The van der Waals surface area contributed by atoms with Crippen LogP contribution >= 0.6 is 0 Å². The van der Waals surface area contributed by atoms with Gasteiger partial charge in [-0.25, -0.2) is 4.79 Å². The lowest BCUT2D eigenvalue weighted by molar-refractivity contribution is -0.338. The van der Waals surface area contributed by atoms with Crippen molar-refractivity contribution >= 4 is 22.8 Å². The van der Waals surface area contributed by atoms with Crippen LogP contribution in [0.2, 0.25) is 0 Å². The highest BCUT2D eigenvalue weighted by molar-refractivity contribution is 5.89. The zero-order valence-electron chi connectivity index (χ0n) is 34.1. The van der Waals surface area contributed by atoms with Gasteiger partial charge in [0.05, 0.1) is 6.61 Å². The third-order valence-electron chi connectivity index (χ3n) is 12.5.